The van der Waals surface area contributed by atoms with E-state index in [-0.39, 0.29) is 29.4 Å². The fraction of sp³-hybridized carbons (Fsp3) is 0.474. The first-order chi connectivity index (χ1) is 13.2. The van der Waals surface area contributed by atoms with Crippen LogP contribution in [0.1, 0.15) is 46.8 Å². The van der Waals surface area contributed by atoms with E-state index in [0.29, 0.717) is 31.7 Å². The smallest absolute Gasteiger partial charge is 0.290 e. The number of carbonyl (C=O) groups is 3. The van der Waals surface area contributed by atoms with Crippen LogP contribution in [0.3, 0.4) is 0 Å². The van der Waals surface area contributed by atoms with E-state index < -0.39 is 0 Å². The maximum atomic E-state index is 13.0. The maximum absolute atomic E-state index is 13.0. The van der Waals surface area contributed by atoms with Crippen LogP contribution in [0.25, 0.3) is 5.52 Å². The summed E-state index contributed by atoms with van der Waals surface area (Å²) in [6.07, 6.45) is 6.80. The molecule has 142 valence electrons. The van der Waals surface area contributed by atoms with Gasteiger partial charge in [-0.2, -0.15) is 0 Å². The first-order valence-corrected chi connectivity index (χ1v) is 9.44. The van der Waals surface area contributed by atoms with E-state index in [9.17, 15) is 14.4 Å². The van der Waals surface area contributed by atoms with E-state index in [4.69, 9.17) is 0 Å². The van der Waals surface area contributed by atoms with E-state index in [1.807, 2.05) is 12.1 Å². The molecule has 0 unspecified atom stereocenters. The summed E-state index contributed by atoms with van der Waals surface area (Å²) in [7, 11) is 0. The number of aromatic nitrogens is 2. The van der Waals surface area contributed by atoms with Crippen LogP contribution in [-0.4, -0.2) is 69.6 Å². The molecule has 3 amide bonds. The second-order valence-corrected chi connectivity index (χ2v) is 7.13. The molecule has 8 heteroatoms. The number of imidazole rings is 1. The topological polar surface area (TPSA) is 87.0 Å². The summed E-state index contributed by atoms with van der Waals surface area (Å²) in [5.41, 5.74) is 0.917. The van der Waals surface area contributed by atoms with Crippen LogP contribution >= 0.6 is 0 Å². The number of hydrogen-bond acceptors (Lipinski definition) is 4. The van der Waals surface area contributed by atoms with Crippen molar-refractivity contribution >= 4 is 23.7 Å². The number of amides is 3. The van der Waals surface area contributed by atoms with Crippen molar-refractivity contribution in [2.75, 3.05) is 26.2 Å². The molecule has 2 fully saturated rings. The monoisotopic (exact) mass is 369 g/mol. The fourth-order valence-corrected chi connectivity index (χ4v) is 3.85. The van der Waals surface area contributed by atoms with Gasteiger partial charge in [-0.15, -0.1) is 0 Å². The molecule has 1 N–H and O–H groups in total. The Hall–Kier alpha value is -2.90. The van der Waals surface area contributed by atoms with Gasteiger partial charge in [0.25, 0.3) is 11.8 Å². The van der Waals surface area contributed by atoms with Crippen LogP contribution in [0, 0.1) is 0 Å². The normalized spacial score (nSPS) is 18.1. The van der Waals surface area contributed by atoms with E-state index >= 15 is 0 Å². The van der Waals surface area contributed by atoms with Crippen molar-refractivity contribution in [2.24, 2.45) is 0 Å². The second-order valence-electron chi connectivity index (χ2n) is 7.13. The van der Waals surface area contributed by atoms with Crippen LogP contribution in [0.2, 0.25) is 0 Å². The molecule has 0 atom stereocenters. The molecule has 1 saturated carbocycles. The van der Waals surface area contributed by atoms with Gasteiger partial charge in [-0.3, -0.25) is 18.8 Å². The van der Waals surface area contributed by atoms with Crippen molar-refractivity contribution in [1.29, 1.82) is 0 Å². The number of hydrogen-bond donors (Lipinski definition) is 1. The summed E-state index contributed by atoms with van der Waals surface area (Å²) in [6, 6.07) is 5.64. The number of fused-ring (bicyclic) bond motifs is 1. The van der Waals surface area contributed by atoms with Gasteiger partial charge in [0.2, 0.25) is 12.2 Å². The highest BCUT2D eigenvalue weighted by molar-refractivity contribution is 6.02. The molecule has 1 aliphatic heterocycles. The third kappa shape index (κ3) is 3.39. The van der Waals surface area contributed by atoms with Gasteiger partial charge in [0, 0.05) is 38.4 Å². The Morgan fingerprint density at radius 1 is 1.11 bits per heavy atom. The number of piperazine rings is 1. The van der Waals surface area contributed by atoms with Crippen LogP contribution in [0.15, 0.2) is 24.4 Å². The highest BCUT2D eigenvalue weighted by Gasteiger charge is 2.28. The Morgan fingerprint density at radius 2 is 1.85 bits per heavy atom. The lowest BCUT2D eigenvalue weighted by Gasteiger charge is -2.32. The van der Waals surface area contributed by atoms with Gasteiger partial charge < -0.3 is 15.1 Å². The molecule has 2 aliphatic rings. The molecular weight excluding hydrogens is 346 g/mol. The van der Waals surface area contributed by atoms with Gasteiger partial charge in [0.1, 0.15) is 0 Å². The lowest BCUT2D eigenvalue weighted by atomic mass is 10.2. The summed E-state index contributed by atoms with van der Waals surface area (Å²) >= 11 is 0. The number of carbonyl (C=O) groups excluding carboxylic acids is 3. The molecule has 1 aliphatic carbocycles. The summed E-state index contributed by atoms with van der Waals surface area (Å²) in [6.45, 7) is 1.94. The molecule has 0 spiro atoms. The zero-order valence-corrected chi connectivity index (χ0v) is 15.1. The van der Waals surface area contributed by atoms with Crippen LogP contribution < -0.4 is 5.32 Å². The highest BCUT2D eigenvalue weighted by atomic mass is 16.2. The van der Waals surface area contributed by atoms with Crippen LogP contribution in [-0.2, 0) is 4.79 Å². The van der Waals surface area contributed by atoms with Crippen molar-refractivity contribution in [1.82, 2.24) is 24.5 Å². The zero-order chi connectivity index (χ0) is 18.8. The first-order valence-electron chi connectivity index (χ1n) is 9.44. The van der Waals surface area contributed by atoms with Gasteiger partial charge in [0.15, 0.2) is 5.69 Å². The third-order valence-electron chi connectivity index (χ3n) is 5.40. The Morgan fingerprint density at radius 3 is 2.56 bits per heavy atom. The van der Waals surface area contributed by atoms with Crippen molar-refractivity contribution in [3.05, 3.63) is 35.9 Å². The molecular formula is C19H23N5O3. The van der Waals surface area contributed by atoms with E-state index in [1.165, 1.54) is 0 Å². The van der Waals surface area contributed by atoms with Gasteiger partial charge in [-0.05, 0) is 25.0 Å². The number of nitrogens with zero attached hydrogens (tertiary/aromatic N) is 4. The van der Waals surface area contributed by atoms with E-state index in [2.05, 4.69) is 10.3 Å². The van der Waals surface area contributed by atoms with Crippen LogP contribution in [0.4, 0.5) is 0 Å². The molecule has 1 saturated heterocycles. The van der Waals surface area contributed by atoms with Gasteiger partial charge >= 0.3 is 0 Å². The Kier molecular flexibility index (Phi) is 4.79. The molecule has 0 aromatic carbocycles. The van der Waals surface area contributed by atoms with Gasteiger partial charge in [0.05, 0.1) is 5.52 Å². The maximum Gasteiger partial charge on any atom is 0.290 e. The quantitative estimate of drug-likeness (QED) is 0.812. The molecule has 0 radical (unpaired) electrons. The first kappa shape index (κ1) is 17.5. The standard InChI is InChI=1S/C19H23N5O3/c25-13-22-9-11-23(12-10-22)19(27)17-21-16(15-7-3-4-8-24(15)17)18(26)20-14-5-1-2-6-14/h3-4,7-8,13-14H,1-2,5-6,9-12H2,(H,20,26). The SMILES string of the molecule is O=CN1CCN(C(=O)c2nc(C(=O)NC3CCCC3)c3ccccn23)CC1. The summed E-state index contributed by atoms with van der Waals surface area (Å²) in [5, 5.41) is 3.05. The molecule has 2 aromatic heterocycles. The Labute approximate surface area is 157 Å². The number of rotatable bonds is 4. The van der Waals surface area contributed by atoms with Crippen molar-refractivity contribution in [3.63, 3.8) is 0 Å². The molecule has 0 bridgehead atoms. The zero-order valence-electron chi connectivity index (χ0n) is 15.1. The second kappa shape index (κ2) is 7.38. The predicted molar refractivity (Wildman–Crippen MR) is 98.5 cm³/mol. The Balaban J connectivity index is 1.60. The minimum absolute atomic E-state index is 0.188. The minimum atomic E-state index is -0.226. The lowest BCUT2D eigenvalue weighted by molar-refractivity contribution is -0.119. The fourth-order valence-electron chi connectivity index (χ4n) is 3.85. The average Bonchev–Trinajstić information content (AvgIpc) is 3.35. The number of pyridine rings is 1. The highest BCUT2D eigenvalue weighted by Crippen LogP contribution is 2.20. The van der Waals surface area contributed by atoms with Crippen LogP contribution in [0.5, 0.6) is 0 Å². The molecule has 8 nitrogen and oxygen atoms in total. The third-order valence-corrected chi connectivity index (χ3v) is 5.40. The lowest BCUT2D eigenvalue weighted by Crippen LogP contribution is -2.48. The molecule has 27 heavy (non-hydrogen) atoms. The van der Waals surface area contributed by atoms with Gasteiger partial charge in [-0.25, -0.2) is 4.98 Å². The molecule has 4 rings (SSSR count). The number of nitrogens with one attached hydrogen (secondary N) is 1. The molecule has 2 aromatic rings. The predicted octanol–water partition coefficient (Wildman–Crippen LogP) is 0.921. The summed E-state index contributed by atoms with van der Waals surface area (Å²) in [4.78, 5) is 44.4. The summed E-state index contributed by atoms with van der Waals surface area (Å²) < 4.78 is 1.68. The summed E-state index contributed by atoms with van der Waals surface area (Å²) in [5.74, 6) is -0.209. The van der Waals surface area contributed by atoms with Crippen molar-refractivity contribution in [2.45, 2.75) is 31.7 Å². The molecule has 3 heterocycles. The Bertz CT molecular complexity index is 863. The van der Waals surface area contributed by atoms with E-state index in [1.54, 1.807) is 26.5 Å². The average molecular weight is 369 g/mol. The van der Waals surface area contributed by atoms with Crippen molar-refractivity contribution in [3.8, 4) is 0 Å². The largest absolute Gasteiger partial charge is 0.348 e. The van der Waals surface area contributed by atoms with E-state index in [0.717, 1.165) is 32.1 Å². The van der Waals surface area contributed by atoms with Gasteiger partial charge in [-0.1, -0.05) is 18.9 Å². The minimum Gasteiger partial charge on any atom is -0.348 e. The van der Waals surface area contributed by atoms with Crippen molar-refractivity contribution < 1.29 is 14.4 Å².